The van der Waals surface area contributed by atoms with Crippen molar-refractivity contribution in [3.05, 3.63) is 108 Å². The van der Waals surface area contributed by atoms with Crippen molar-refractivity contribution >= 4 is 16.3 Å². The number of carbonyl (C=O) groups is 1. The van der Waals surface area contributed by atoms with Crippen molar-refractivity contribution in [1.29, 1.82) is 0 Å². The molecule has 7 heteroatoms. The summed E-state index contributed by atoms with van der Waals surface area (Å²) in [6, 6.07) is 23.4. The minimum atomic E-state index is -4.96. The van der Waals surface area contributed by atoms with Gasteiger partial charge in [-0.05, 0) is 27.8 Å². The zero-order valence-corrected chi connectivity index (χ0v) is 17.0. The molecule has 1 aliphatic rings. The van der Waals surface area contributed by atoms with E-state index in [4.69, 9.17) is 4.74 Å². The molecule has 0 atom stereocenters. The van der Waals surface area contributed by atoms with Gasteiger partial charge in [-0.25, -0.2) is 9.10 Å². The van der Waals surface area contributed by atoms with E-state index in [9.17, 15) is 17.8 Å². The largest absolute Gasteiger partial charge is 0.464 e. The summed E-state index contributed by atoms with van der Waals surface area (Å²) in [4.78, 5) is 12.4. The molecular formula is C23H19NO5S. The highest BCUT2D eigenvalue weighted by atomic mass is 32.2. The van der Waals surface area contributed by atoms with Gasteiger partial charge in [0.25, 0.3) is 0 Å². The number of ether oxygens (including phenoxy) is 1. The zero-order chi connectivity index (χ0) is 21.5. The molecule has 0 saturated carbocycles. The van der Waals surface area contributed by atoms with E-state index in [0.29, 0.717) is 21.0 Å². The van der Waals surface area contributed by atoms with Gasteiger partial charge >= 0.3 is 16.3 Å². The van der Waals surface area contributed by atoms with Crippen molar-refractivity contribution in [2.75, 3.05) is 7.11 Å². The Morgan fingerprint density at radius 2 is 1.37 bits per heavy atom. The van der Waals surface area contributed by atoms with Crippen molar-refractivity contribution in [2.24, 2.45) is 0 Å². The Hall–Kier alpha value is -3.42. The van der Waals surface area contributed by atoms with Crippen LogP contribution < -0.4 is 0 Å². The van der Waals surface area contributed by atoms with Gasteiger partial charge in [-0.15, -0.1) is 0 Å². The highest BCUT2D eigenvalue weighted by Gasteiger charge is 2.54. The van der Waals surface area contributed by atoms with Gasteiger partial charge in [0.05, 0.1) is 7.11 Å². The van der Waals surface area contributed by atoms with Crippen LogP contribution in [0.1, 0.15) is 16.7 Å². The van der Waals surface area contributed by atoms with Crippen LogP contribution >= 0.6 is 0 Å². The SMILES string of the molecule is C=C(C(=O)OC)N(C1(c2ccccc2)c2ccccc2-c2ccccc21)S(=O)(=O)O. The molecule has 0 saturated heterocycles. The summed E-state index contributed by atoms with van der Waals surface area (Å²) in [5.74, 6) is -0.968. The zero-order valence-electron chi connectivity index (χ0n) is 16.1. The predicted octanol–water partition coefficient (Wildman–Crippen LogP) is 3.75. The normalized spacial score (nSPS) is 13.8. The van der Waals surface area contributed by atoms with E-state index in [2.05, 4.69) is 6.58 Å². The molecule has 0 heterocycles. The van der Waals surface area contributed by atoms with Gasteiger partial charge in [0.2, 0.25) is 0 Å². The molecule has 0 bridgehead atoms. The van der Waals surface area contributed by atoms with E-state index < -0.39 is 27.5 Å². The molecule has 0 spiro atoms. The maximum absolute atomic E-state index is 12.8. The smallest absolute Gasteiger partial charge is 0.361 e. The van der Waals surface area contributed by atoms with Crippen molar-refractivity contribution in [2.45, 2.75) is 5.54 Å². The number of rotatable bonds is 5. The fraction of sp³-hybridized carbons (Fsp3) is 0.0870. The first-order valence-electron chi connectivity index (χ1n) is 9.13. The van der Waals surface area contributed by atoms with Crippen molar-refractivity contribution in [3.8, 4) is 11.1 Å². The Morgan fingerprint density at radius 1 is 0.900 bits per heavy atom. The van der Waals surface area contributed by atoms with Gasteiger partial charge in [0.15, 0.2) is 0 Å². The Kier molecular flexibility index (Phi) is 4.72. The summed E-state index contributed by atoms with van der Waals surface area (Å²) in [5, 5.41) is 0. The first-order valence-corrected chi connectivity index (χ1v) is 10.5. The maximum Gasteiger partial charge on any atom is 0.361 e. The van der Waals surface area contributed by atoms with Crippen molar-refractivity contribution in [1.82, 2.24) is 4.31 Å². The average Bonchev–Trinajstić information content (AvgIpc) is 3.04. The van der Waals surface area contributed by atoms with Gasteiger partial charge in [0, 0.05) is 0 Å². The lowest BCUT2D eigenvalue weighted by Gasteiger charge is -2.42. The van der Waals surface area contributed by atoms with E-state index in [0.717, 1.165) is 18.2 Å². The molecule has 0 unspecified atom stereocenters. The molecule has 3 aromatic carbocycles. The Balaban J connectivity index is 2.21. The molecule has 0 aromatic heterocycles. The lowest BCUT2D eigenvalue weighted by molar-refractivity contribution is -0.137. The number of benzene rings is 3. The van der Waals surface area contributed by atoms with Gasteiger partial charge in [-0.3, -0.25) is 4.55 Å². The maximum atomic E-state index is 12.8. The summed E-state index contributed by atoms with van der Waals surface area (Å²) < 4.78 is 41.3. The van der Waals surface area contributed by atoms with Crippen molar-refractivity contribution < 1.29 is 22.5 Å². The second kappa shape index (κ2) is 7.12. The number of esters is 1. The number of methoxy groups -OCH3 is 1. The van der Waals surface area contributed by atoms with Gasteiger partial charge in [-0.1, -0.05) is 85.4 Å². The number of hydrogen-bond acceptors (Lipinski definition) is 4. The number of hydrogen-bond donors (Lipinski definition) is 1. The van der Waals surface area contributed by atoms with Crippen LogP contribution in [0, 0.1) is 0 Å². The van der Waals surface area contributed by atoms with Crippen LogP contribution in [0.25, 0.3) is 11.1 Å². The molecule has 0 amide bonds. The summed E-state index contributed by atoms with van der Waals surface area (Å²) in [6.45, 7) is 3.67. The van der Waals surface area contributed by atoms with Gasteiger partial charge in [-0.2, -0.15) is 8.42 Å². The lowest BCUT2D eigenvalue weighted by atomic mass is 9.80. The topological polar surface area (TPSA) is 83.9 Å². The minimum absolute atomic E-state index is 0.504. The minimum Gasteiger partial charge on any atom is -0.464 e. The molecule has 3 aromatic rings. The third-order valence-corrected chi connectivity index (χ3v) is 6.27. The molecule has 1 aliphatic carbocycles. The molecule has 0 aliphatic heterocycles. The van der Waals surface area contributed by atoms with E-state index in [1.165, 1.54) is 0 Å². The first-order chi connectivity index (χ1) is 14.3. The van der Waals surface area contributed by atoms with Crippen LogP contribution in [0.4, 0.5) is 0 Å². The van der Waals surface area contributed by atoms with Crippen LogP contribution in [0.15, 0.2) is 91.1 Å². The third-order valence-electron chi connectivity index (χ3n) is 5.32. The lowest BCUT2D eigenvalue weighted by Crippen LogP contribution is -2.50. The van der Waals surface area contributed by atoms with E-state index in [1.807, 2.05) is 24.3 Å². The fourth-order valence-electron chi connectivity index (χ4n) is 4.25. The molecule has 0 radical (unpaired) electrons. The second-order valence-corrected chi connectivity index (χ2v) is 8.11. The van der Waals surface area contributed by atoms with Crippen LogP contribution in [0.5, 0.6) is 0 Å². The van der Waals surface area contributed by atoms with Crippen LogP contribution in [-0.2, 0) is 25.4 Å². The molecule has 6 nitrogen and oxygen atoms in total. The highest BCUT2D eigenvalue weighted by molar-refractivity contribution is 7.83. The fourth-order valence-corrected chi connectivity index (χ4v) is 5.26. The Labute approximate surface area is 174 Å². The van der Waals surface area contributed by atoms with Crippen molar-refractivity contribution in [3.63, 3.8) is 0 Å². The molecule has 30 heavy (non-hydrogen) atoms. The average molecular weight is 421 g/mol. The number of fused-ring (bicyclic) bond motifs is 3. The monoisotopic (exact) mass is 421 g/mol. The third kappa shape index (κ3) is 2.74. The summed E-state index contributed by atoms with van der Waals surface area (Å²) >= 11 is 0. The molecular weight excluding hydrogens is 402 g/mol. The second-order valence-electron chi connectivity index (χ2n) is 6.85. The van der Waals surface area contributed by atoms with E-state index in [1.54, 1.807) is 54.6 Å². The Bertz CT molecular complexity index is 1210. The standard InChI is InChI=1S/C23H19NO5S/c1-16(22(25)29-2)24(30(26,27)28)23(17-10-4-3-5-11-17)20-14-8-6-12-18(20)19-13-7-9-15-21(19)23/h3-15H,1H2,2H3,(H,26,27,28). The van der Waals surface area contributed by atoms with Gasteiger partial charge < -0.3 is 4.74 Å². The molecule has 152 valence electrons. The molecule has 0 fully saturated rings. The van der Waals surface area contributed by atoms with Crippen LogP contribution in [0.2, 0.25) is 0 Å². The highest BCUT2D eigenvalue weighted by Crippen LogP contribution is 2.55. The van der Waals surface area contributed by atoms with Crippen LogP contribution in [-0.4, -0.2) is 30.4 Å². The number of carbonyl (C=O) groups excluding carboxylic acids is 1. The predicted molar refractivity (Wildman–Crippen MR) is 113 cm³/mol. The summed E-state index contributed by atoms with van der Waals surface area (Å²) in [7, 11) is -3.84. The van der Waals surface area contributed by atoms with Gasteiger partial charge in [0.1, 0.15) is 11.2 Å². The van der Waals surface area contributed by atoms with E-state index >= 15 is 0 Å². The summed E-state index contributed by atoms with van der Waals surface area (Å²) in [6.07, 6.45) is 0. The van der Waals surface area contributed by atoms with Crippen LogP contribution in [0.3, 0.4) is 0 Å². The molecule has 1 N–H and O–H groups in total. The number of nitrogens with zero attached hydrogens (tertiary/aromatic N) is 1. The Morgan fingerprint density at radius 3 is 1.83 bits per heavy atom. The summed E-state index contributed by atoms with van der Waals surface area (Å²) in [5.41, 5.74) is 1.28. The van der Waals surface area contributed by atoms with E-state index in [-0.39, 0.29) is 0 Å². The first kappa shape index (κ1) is 19.9. The molecule has 4 rings (SSSR count). The quantitative estimate of drug-likeness (QED) is 0.385.